The number of nitrogens with zero attached hydrogens (tertiary/aromatic N) is 3. The van der Waals surface area contributed by atoms with Crippen molar-refractivity contribution in [1.82, 2.24) is 19.8 Å². The number of hydrogen-bond acceptors (Lipinski definition) is 4. The van der Waals surface area contributed by atoms with Crippen LogP contribution >= 0.6 is 0 Å². The first kappa shape index (κ1) is 22.3. The number of aromatic nitrogens is 2. The van der Waals surface area contributed by atoms with Gasteiger partial charge in [-0.15, -0.1) is 0 Å². The second kappa shape index (κ2) is 10.1. The zero-order valence-electron chi connectivity index (χ0n) is 18.6. The molecule has 0 aliphatic carbocycles. The van der Waals surface area contributed by atoms with Crippen molar-refractivity contribution in [1.29, 1.82) is 0 Å². The summed E-state index contributed by atoms with van der Waals surface area (Å²) in [5.41, 5.74) is 2.11. The Bertz CT molecular complexity index is 1060. The van der Waals surface area contributed by atoms with Gasteiger partial charge in [0.1, 0.15) is 18.1 Å². The van der Waals surface area contributed by atoms with Crippen molar-refractivity contribution in [2.24, 2.45) is 0 Å². The van der Waals surface area contributed by atoms with Gasteiger partial charge in [-0.05, 0) is 37.6 Å². The zero-order valence-corrected chi connectivity index (χ0v) is 18.6. The van der Waals surface area contributed by atoms with Crippen LogP contribution in [0.15, 0.2) is 48.5 Å². The average molecular weight is 423 g/mol. The number of benzene rings is 2. The molecule has 0 saturated heterocycles. The summed E-state index contributed by atoms with van der Waals surface area (Å²) in [6, 6.07) is 14.4. The van der Waals surface area contributed by atoms with Crippen LogP contribution in [-0.4, -0.2) is 47.0 Å². The van der Waals surface area contributed by atoms with Gasteiger partial charge in [0.15, 0.2) is 0 Å². The van der Waals surface area contributed by atoms with Gasteiger partial charge in [-0.25, -0.2) is 4.98 Å². The molecule has 0 bridgehead atoms. The molecule has 7 nitrogen and oxygen atoms in total. The van der Waals surface area contributed by atoms with E-state index in [0.717, 1.165) is 30.4 Å². The summed E-state index contributed by atoms with van der Waals surface area (Å²) >= 11 is 0. The molecule has 7 heteroatoms. The van der Waals surface area contributed by atoms with E-state index in [2.05, 4.69) is 12.2 Å². The van der Waals surface area contributed by atoms with Crippen molar-refractivity contribution in [3.05, 3.63) is 59.9 Å². The van der Waals surface area contributed by atoms with E-state index < -0.39 is 6.04 Å². The molecule has 1 atom stereocenters. The molecule has 1 unspecified atom stereocenters. The van der Waals surface area contributed by atoms with Gasteiger partial charge in [0.2, 0.25) is 5.91 Å². The normalized spacial score (nSPS) is 11.9. The number of hydrogen-bond donors (Lipinski definition) is 1. The highest BCUT2D eigenvalue weighted by Gasteiger charge is 2.22. The highest BCUT2D eigenvalue weighted by molar-refractivity contribution is 5.97. The van der Waals surface area contributed by atoms with Gasteiger partial charge in [-0.2, -0.15) is 0 Å². The van der Waals surface area contributed by atoms with Gasteiger partial charge in [-0.1, -0.05) is 37.6 Å². The van der Waals surface area contributed by atoms with E-state index in [0.29, 0.717) is 17.1 Å². The number of carbonyl (C=O) groups is 2. The van der Waals surface area contributed by atoms with Gasteiger partial charge in [0.05, 0.1) is 29.7 Å². The van der Waals surface area contributed by atoms with Gasteiger partial charge < -0.3 is 19.5 Å². The number of nitrogens with one attached hydrogen (secondary N) is 1. The lowest BCUT2D eigenvalue weighted by molar-refractivity contribution is -0.130. The first-order chi connectivity index (χ1) is 15.0. The number of fused-ring (bicyclic) bond motifs is 1. The van der Waals surface area contributed by atoms with E-state index in [-0.39, 0.29) is 18.4 Å². The Balaban J connectivity index is 1.88. The minimum Gasteiger partial charge on any atom is -0.496 e. The molecule has 0 saturated carbocycles. The molecule has 164 valence electrons. The average Bonchev–Trinajstić information content (AvgIpc) is 3.15. The summed E-state index contributed by atoms with van der Waals surface area (Å²) in [7, 11) is 3.36. The lowest BCUT2D eigenvalue weighted by Crippen LogP contribution is -2.33. The smallest absolute Gasteiger partial charge is 0.255 e. The van der Waals surface area contributed by atoms with Gasteiger partial charge >= 0.3 is 0 Å². The Hall–Kier alpha value is -3.35. The Morgan fingerprint density at radius 3 is 2.61 bits per heavy atom. The van der Waals surface area contributed by atoms with Crippen LogP contribution in [-0.2, 0) is 11.3 Å². The maximum absolute atomic E-state index is 12.9. The number of methoxy groups -OCH3 is 1. The Kier molecular flexibility index (Phi) is 7.28. The number of imidazole rings is 1. The van der Waals surface area contributed by atoms with Crippen LogP contribution in [0.5, 0.6) is 5.75 Å². The van der Waals surface area contributed by atoms with Crippen LogP contribution in [0, 0.1) is 0 Å². The fourth-order valence-corrected chi connectivity index (χ4v) is 3.54. The fourth-order valence-electron chi connectivity index (χ4n) is 3.54. The number of para-hydroxylation sites is 3. The number of rotatable bonds is 9. The van der Waals surface area contributed by atoms with Crippen molar-refractivity contribution >= 4 is 22.8 Å². The quantitative estimate of drug-likeness (QED) is 0.569. The molecule has 0 spiro atoms. The van der Waals surface area contributed by atoms with Crippen LogP contribution in [0.1, 0.15) is 48.9 Å². The number of likely N-dealkylation sites (N-methyl/N-ethyl adjacent to an activating group) is 1. The lowest BCUT2D eigenvalue weighted by atomic mass is 10.1. The van der Waals surface area contributed by atoms with Gasteiger partial charge in [0, 0.05) is 13.6 Å². The number of carbonyl (C=O) groups excluding carboxylic acids is 2. The largest absolute Gasteiger partial charge is 0.496 e. The number of ether oxygens (including phenoxy) is 1. The maximum atomic E-state index is 12.9. The van der Waals surface area contributed by atoms with E-state index in [9.17, 15) is 9.59 Å². The third-order valence-electron chi connectivity index (χ3n) is 5.34. The predicted octanol–water partition coefficient (Wildman–Crippen LogP) is 3.79. The van der Waals surface area contributed by atoms with E-state index in [1.165, 1.54) is 7.11 Å². The van der Waals surface area contributed by atoms with Crippen molar-refractivity contribution in [2.45, 2.75) is 39.3 Å². The highest BCUT2D eigenvalue weighted by Crippen LogP contribution is 2.23. The molecule has 1 N–H and O–H groups in total. The highest BCUT2D eigenvalue weighted by atomic mass is 16.5. The van der Waals surface area contributed by atoms with E-state index in [4.69, 9.17) is 9.72 Å². The molecule has 0 aliphatic heterocycles. The topological polar surface area (TPSA) is 76.5 Å². The molecular weight excluding hydrogens is 392 g/mol. The Labute approximate surface area is 183 Å². The maximum Gasteiger partial charge on any atom is 0.255 e. The molecule has 2 aromatic carbocycles. The minimum absolute atomic E-state index is 0.0149. The van der Waals surface area contributed by atoms with Crippen LogP contribution in [0.4, 0.5) is 0 Å². The summed E-state index contributed by atoms with van der Waals surface area (Å²) in [5, 5.41) is 3.00. The van der Waals surface area contributed by atoms with Crippen LogP contribution in [0.2, 0.25) is 0 Å². The SMILES string of the molecule is CCCCN(C)C(=O)Cn1c(C(C)NC(=O)c2ccccc2OC)nc2ccccc21. The van der Waals surface area contributed by atoms with Crippen molar-refractivity contribution in [3.8, 4) is 5.75 Å². The standard InChI is InChI=1S/C24H30N4O3/c1-5-6-15-27(3)22(29)16-28-20-13-9-8-12-19(20)26-23(28)17(2)25-24(30)18-11-7-10-14-21(18)31-4/h7-14,17H,5-6,15-16H2,1-4H3,(H,25,30). The van der Waals surface area contributed by atoms with E-state index >= 15 is 0 Å². The molecule has 3 rings (SSSR count). The van der Waals surface area contributed by atoms with Gasteiger partial charge in [0.25, 0.3) is 5.91 Å². The summed E-state index contributed by atoms with van der Waals surface area (Å²) in [5.74, 6) is 0.908. The molecule has 2 amide bonds. The second-order valence-electron chi connectivity index (χ2n) is 7.61. The molecule has 3 aromatic rings. The minimum atomic E-state index is -0.404. The van der Waals surface area contributed by atoms with E-state index in [1.54, 1.807) is 23.1 Å². The van der Waals surface area contributed by atoms with E-state index in [1.807, 2.05) is 48.9 Å². The zero-order chi connectivity index (χ0) is 22.4. The summed E-state index contributed by atoms with van der Waals surface area (Å²) in [4.78, 5) is 32.2. The summed E-state index contributed by atoms with van der Waals surface area (Å²) in [6.07, 6.45) is 1.99. The van der Waals surface area contributed by atoms with Gasteiger partial charge in [-0.3, -0.25) is 9.59 Å². The van der Waals surface area contributed by atoms with Crippen molar-refractivity contribution < 1.29 is 14.3 Å². The Morgan fingerprint density at radius 2 is 1.87 bits per heavy atom. The monoisotopic (exact) mass is 422 g/mol. The molecule has 0 fully saturated rings. The van der Waals surface area contributed by atoms with Crippen LogP contribution in [0.3, 0.4) is 0 Å². The molecule has 0 radical (unpaired) electrons. The van der Waals surface area contributed by atoms with Crippen LogP contribution in [0.25, 0.3) is 11.0 Å². The van der Waals surface area contributed by atoms with Crippen LogP contribution < -0.4 is 10.1 Å². The first-order valence-corrected chi connectivity index (χ1v) is 10.6. The fraction of sp³-hybridized carbons (Fsp3) is 0.375. The molecule has 1 heterocycles. The molecular formula is C24H30N4O3. The summed E-state index contributed by atoms with van der Waals surface area (Å²) < 4.78 is 7.20. The lowest BCUT2D eigenvalue weighted by Gasteiger charge is -2.20. The first-order valence-electron chi connectivity index (χ1n) is 10.6. The Morgan fingerprint density at radius 1 is 1.16 bits per heavy atom. The summed E-state index contributed by atoms with van der Waals surface area (Å²) in [6.45, 7) is 4.87. The van der Waals surface area contributed by atoms with Crippen molar-refractivity contribution in [3.63, 3.8) is 0 Å². The van der Waals surface area contributed by atoms with Crippen molar-refractivity contribution in [2.75, 3.05) is 20.7 Å². The third kappa shape index (κ3) is 5.05. The number of amides is 2. The third-order valence-corrected chi connectivity index (χ3v) is 5.34. The predicted molar refractivity (Wildman–Crippen MR) is 121 cm³/mol. The molecule has 0 aliphatic rings. The molecule has 1 aromatic heterocycles. The molecule has 31 heavy (non-hydrogen) atoms. The second-order valence-corrected chi connectivity index (χ2v) is 7.61. The number of unbranched alkanes of at least 4 members (excludes halogenated alkanes) is 1.